The van der Waals surface area contributed by atoms with Gasteiger partial charge in [-0.25, -0.2) is 4.79 Å². The van der Waals surface area contributed by atoms with E-state index in [2.05, 4.69) is 0 Å². The van der Waals surface area contributed by atoms with Crippen molar-refractivity contribution in [2.75, 3.05) is 11.5 Å². The molecule has 1 aromatic carbocycles. The maximum Gasteiger partial charge on any atom is 0.339 e. The molecule has 0 unspecified atom stereocenters. The molecule has 0 bridgehead atoms. The normalized spacial score (nSPS) is 10.7. The van der Waals surface area contributed by atoms with Crippen LogP contribution in [-0.2, 0) is 0 Å². The molecule has 5 heteroatoms. The van der Waals surface area contributed by atoms with E-state index in [4.69, 9.17) is 21.0 Å². The van der Waals surface area contributed by atoms with Gasteiger partial charge in [0.05, 0.1) is 11.4 Å². The van der Waals surface area contributed by atoms with Crippen molar-refractivity contribution < 1.29 is 14.3 Å². The van der Waals surface area contributed by atoms with Gasteiger partial charge < -0.3 is 21.0 Å². The van der Waals surface area contributed by atoms with Crippen molar-refractivity contribution in [3.8, 4) is 0 Å². The Morgan fingerprint density at radius 2 is 2.07 bits per heavy atom. The first-order valence-corrected chi connectivity index (χ1v) is 4.32. The predicted octanol–water partition coefficient (Wildman–Crippen LogP) is 1.60. The molecule has 2 rings (SSSR count). The van der Waals surface area contributed by atoms with Gasteiger partial charge in [-0.1, -0.05) is 0 Å². The van der Waals surface area contributed by atoms with Crippen LogP contribution in [0.1, 0.15) is 16.1 Å². The molecule has 0 aliphatic carbocycles. The van der Waals surface area contributed by atoms with E-state index in [9.17, 15) is 4.79 Å². The molecule has 0 aliphatic heterocycles. The zero-order valence-corrected chi connectivity index (χ0v) is 8.07. The molecule has 5 nitrogen and oxygen atoms in total. The lowest BCUT2D eigenvalue weighted by atomic mass is 10.1. The summed E-state index contributed by atoms with van der Waals surface area (Å²) in [5, 5.41) is 9.50. The van der Waals surface area contributed by atoms with Crippen molar-refractivity contribution in [2.45, 2.75) is 6.92 Å². The van der Waals surface area contributed by atoms with E-state index in [1.54, 1.807) is 13.0 Å². The Labute approximate surface area is 85.3 Å². The summed E-state index contributed by atoms with van der Waals surface area (Å²) in [6.07, 6.45) is 0. The lowest BCUT2D eigenvalue weighted by molar-refractivity contribution is 0.0698. The number of nitrogens with two attached hydrogens (primary N) is 2. The number of rotatable bonds is 1. The number of furan rings is 1. The van der Waals surface area contributed by atoms with Crippen molar-refractivity contribution >= 4 is 28.3 Å². The molecule has 0 atom stereocenters. The number of aromatic carboxylic acids is 1. The molecule has 0 aliphatic rings. The molecule has 0 amide bonds. The second-order valence-corrected chi connectivity index (χ2v) is 3.33. The third-order valence-electron chi connectivity index (χ3n) is 2.23. The van der Waals surface area contributed by atoms with Crippen molar-refractivity contribution in [1.29, 1.82) is 0 Å². The highest BCUT2D eigenvalue weighted by atomic mass is 16.4. The molecule has 15 heavy (non-hydrogen) atoms. The van der Waals surface area contributed by atoms with Crippen LogP contribution in [0.15, 0.2) is 16.5 Å². The highest BCUT2D eigenvalue weighted by Gasteiger charge is 2.16. The van der Waals surface area contributed by atoms with Crippen LogP contribution in [0.4, 0.5) is 11.4 Å². The molecule has 0 radical (unpaired) electrons. The van der Waals surface area contributed by atoms with Gasteiger partial charge >= 0.3 is 5.97 Å². The first-order chi connectivity index (χ1) is 7.00. The maximum absolute atomic E-state index is 10.9. The topological polar surface area (TPSA) is 102 Å². The number of fused-ring (bicyclic) bond motifs is 1. The number of anilines is 2. The van der Waals surface area contributed by atoms with E-state index in [0.29, 0.717) is 16.8 Å². The Bertz CT molecular complexity index is 557. The van der Waals surface area contributed by atoms with E-state index in [1.807, 2.05) is 0 Å². The monoisotopic (exact) mass is 206 g/mol. The summed E-state index contributed by atoms with van der Waals surface area (Å²) in [4.78, 5) is 10.9. The first kappa shape index (κ1) is 9.39. The van der Waals surface area contributed by atoms with Gasteiger partial charge in [0.25, 0.3) is 0 Å². The van der Waals surface area contributed by atoms with Gasteiger partial charge in [0.1, 0.15) is 11.3 Å². The maximum atomic E-state index is 10.9. The van der Waals surface area contributed by atoms with Crippen LogP contribution in [0, 0.1) is 6.92 Å². The highest BCUT2D eigenvalue weighted by Crippen LogP contribution is 2.32. The standard InChI is InChI=1S/C10H10N2O3/c1-4-2-5-8(12)7(11)3-6(10(13)14)9(5)15-4/h2-3H,11-12H2,1H3,(H,13,14). The quantitative estimate of drug-likeness (QED) is 0.615. The zero-order chi connectivity index (χ0) is 11.2. The fourth-order valence-corrected chi connectivity index (χ4v) is 1.53. The van der Waals surface area contributed by atoms with Crippen LogP contribution in [0.5, 0.6) is 0 Å². The Balaban J connectivity index is 2.93. The number of benzene rings is 1. The second-order valence-electron chi connectivity index (χ2n) is 3.33. The van der Waals surface area contributed by atoms with Crippen LogP contribution >= 0.6 is 0 Å². The minimum absolute atomic E-state index is 0.0322. The third kappa shape index (κ3) is 1.28. The van der Waals surface area contributed by atoms with E-state index >= 15 is 0 Å². The van der Waals surface area contributed by atoms with Gasteiger partial charge in [-0.15, -0.1) is 0 Å². The predicted molar refractivity (Wildman–Crippen MR) is 56.7 cm³/mol. The summed E-state index contributed by atoms with van der Waals surface area (Å²) in [5.74, 6) is -0.481. The van der Waals surface area contributed by atoms with E-state index in [1.165, 1.54) is 6.07 Å². The zero-order valence-electron chi connectivity index (χ0n) is 8.07. The van der Waals surface area contributed by atoms with Gasteiger partial charge in [0.2, 0.25) is 0 Å². The molecular formula is C10H10N2O3. The van der Waals surface area contributed by atoms with Gasteiger partial charge in [-0.3, -0.25) is 0 Å². The SMILES string of the molecule is Cc1cc2c(N)c(N)cc(C(=O)O)c2o1. The number of nitrogen functional groups attached to an aromatic ring is 2. The van der Waals surface area contributed by atoms with E-state index in [-0.39, 0.29) is 16.8 Å². The van der Waals surface area contributed by atoms with Gasteiger partial charge in [0.15, 0.2) is 5.58 Å². The number of carboxylic acid groups (broad SMARTS) is 1. The molecule has 1 aromatic heterocycles. The fraction of sp³-hybridized carbons (Fsp3) is 0.100. The van der Waals surface area contributed by atoms with Crippen molar-refractivity contribution in [1.82, 2.24) is 0 Å². The summed E-state index contributed by atoms with van der Waals surface area (Å²) in [7, 11) is 0. The van der Waals surface area contributed by atoms with Crippen LogP contribution in [0.3, 0.4) is 0 Å². The van der Waals surface area contributed by atoms with Crippen LogP contribution in [0.25, 0.3) is 11.0 Å². The molecule has 0 fully saturated rings. The van der Waals surface area contributed by atoms with Crippen molar-refractivity contribution in [2.24, 2.45) is 0 Å². The number of hydrogen-bond acceptors (Lipinski definition) is 4. The second kappa shape index (κ2) is 2.91. The van der Waals surface area contributed by atoms with E-state index < -0.39 is 5.97 Å². The number of carbonyl (C=O) groups is 1. The molecule has 0 spiro atoms. The Morgan fingerprint density at radius 3 is 2.67 bits per heavy atom. The molecular weight excluding hydrogens is 196 g/mol. The highest BCUT2D eigenvalue weighted by molar-refractivity contribution is 6.08. The number of carboxylic acids is 1. The van der Waals surface area contributed by atoms with Gasteiger partial charge in [-0.05, 0) is 19.1 Å². The van der Waals surface area contributed by atoms with Crippen molar-refractivity contribution in [3.63, 3.8) is 0 Å². The average Bonchev–Trinajstić information content (AvgIpc) is 2.53. The number of hydrogen-bond donors (Lipinski definition) is 3. The van der Waals surface area contributed by atoms with Crippen LogP contribution in [0.2, 0.25) is 0 Å². The molecule has 0 saturated carbocycles. The number of aryl methyl sites for hydroxylation is 1. The lowest BCUT2D eigenvalue weighted by Crippen LogP contribution is -2.02. The van der Waals surface area contributed by atoms with Crippen LogP contribution in [-0.4, -0.2) is 11.1 Å². The minimum Gasteiger partial charge on any atom is -0.478 e. The summed E-state index contributed by atoms with van der Waals surface area (Å²) in [6, 6.07) is 2.98. The average molecular weight is 206 g/mol. The summed E-state index contributed by atoms with van der Waals surface area (Å²) in [6.45, 7) is 1.72. The molecule has 2 aromatic rings. The molecule has 78 valence electrons. The Hall–Kier alpha value is -2.17. The van der Waals surface area contributed by atoms with Crippen LogP contribution < -0.4 is 11.5 Å². The minimum atomic E-state index is -1.08. The summed E-state index contributed by atoms with van der Waals surface area (Å²) >= 11 is 0. The van der Waals surface area contributed by atoms with Gasteiger partial charge in [0, 0.05) is 5.39 Å². The third-order valence-corrected chi connectivity index (χ3v) is 2.23. The van der Waals surface area contributed by atoms with Gasteiger partial charge in [-0.2, -0.15) is 0 Å². The smallest absolute Gasteiger partial charge is 0.339 e. The molecule has 1 heterocycles. The molecule has 5 N–H and O–H groups in total. The summed E-state index contributed by atoms with van der Waals surface area (Å²) < 4.78 is 5.28. The lowest BCUT2D eigenvalue weighted by Gasteiger charge is -2.03. The summed E-state index contributed by atoms with van der Waals surface area (Å²) in [5.41, 5.74) is 12.2. The van der Waals surface area contributed by atoms with Crippen molar-refractivity contribution in [3.05, 3.63) is 23.5 Å². The first-order valence-electron chi connectivity index (χ1n) is 4.32. The van der Waals surface area contributed by atoms with E-state index in [0.717, 1.165) is 0 Å². The fourth-order valence-electron chi connectivity index (χ4n) is 1.53. The Kier molecular flexibility index (Phi) is 1.82. The Morgan fingerprint density at radius 1 is 1.40 bits per heavy atom. The largest absolute Gasteiger partial charge is 0.478 e. The molecule has 0 saturated heterocycles.